The van der Waals surface area contributed by atoms with Gasteiger partial charge in [0.05, 0.1) is 5.92 Å². The largest absolute Gasteiger partial charge is 0.481 e. The molecule has 188 valence electrons. The first-order valence-corrected chi connectivity index (χ1v) is 13.0. The van der Waals surface area contributed by atoms with E-state index in [0.717, 1.165) is 0 Å². The van der Waals surface area contributed by atoms with E-state index < -0.39 is 64.1 Å². The molecule has 2 aliphatic carbocycles. The molecule has 0 radical (unpaired) electrons. The molecule has 0 spiro atoms. The van der Waals surface area contributed by atoms with E-state index in [1.165, 1.54) is 29.9 Å². The van der Waals surface area contributed by atoms with Crippen molar-refractivity contribution in [1.82, 2.24) is 25.8 Å². The highest BCUT2D eigenvalue weighted by Gasteiger charge is 2.76. The average molecular weight is 516 g/mol. The number of hydrogen-bond acceptors (Lipinski definition) is 9. The number of carboxylic acids is 2. The Kier molecular flexibility index (Phi) is 7.70. The number of nitrogens with zero attached hydrogens (tertiary/aromatic N) is 2. The minimum Gasteiger partial charge on any atom is -0.481 e. The number of thioether (sulfide) groups is 2. The number of carbonyl (C=O) groups is 4. The van der Waals surface area contributed by atoms with Gasteiger partial charge in [-0.3, -0.25) is 14.7 Å². The van der Waals surface area contributed by atoms with Gasteiger partial charge in [0.2, 0.25) is 5.91 Å². The number of H-pyrrole nitrogens is 1. The number of amides is 2. The monoisotopic (exact) mass is 515 g/mol. The van der Waals surface area contributed by atoms with Gasteiger partial charge in [-0.25, -0.2) is 14.6 Å². The average Bonchev–Trinajstić information content (AvgIpc) is 3.12. The predicted molar refractivity (Wildman–Crippen MR) is 123 cm³/mol. The van der Waals surface area contributed by atoms with Crippen molar-refractivity contribution < 1.29 is 34.1 Å². The number of carbonyl (C=O) groups excluding carboxylic acids is 2. The molecule has 2 fully saturated rings. The Morgan fingerprint density at radius 1 is 1.32 bits per heavy atom. The summed E-state index contributed by atoms with van der Waals surface area (Å²) < 4.78 is 5.24. The van der Waals surface area contributed by atoms with Gasteiger partial charge < -0.3 is 25.6 Å². The van der Waals surface area contributed by atoms with E-state index in [1.807, 2.05) is 6.26 Å². The Labute approximate surface area is 204 Å². The summed E-state index contributed by atoms with van der Waals surface area (Å²) in [7, 11) is 0. The van der Waals surface area contributed by atoms with Crippen molar-refractivity contribution in [1.29, 1.82) is 0 Å². The van der Waals surface area contributed by atoms with E-state index in [9.17, 15) is 29.4 Å². The molecule has 1 heterocycles. The van der Waals surface area contributed by atoms with Crippen LogP contribution in [0, 0.1) is 17.8 Å². The molecule has 6 atom stereocenters. The number of alkyl carbamates (subject to hydrolysis) is 1. The zero-order chi connectivity index (χ0) is 25.3. The molecule has 2 amide bonds. The summed E-state index contributed by atoms with van der Waals surface area (Å²) in [6, 6.07) is -1.04. The van der Waals surface area contributed by atoms with E-state index in [2.05, 4.69) is 25.8 Å². The van der Waals surface area contributed by atoms with Crippen LogP contribution < -0.4 is 10.6 Å². The zero-order valence-corrected chi connectivity index (χ0v) is 20.9. The van der Waals surface area contributed by atoms with Crippen molar-refractivity contribution >= 4 is 47.5 Å². The fourth-order valence-corrected chi connectivity index (χ4v) is 6.35. The number of aliphatic carboxylic acids is 2. The minimum absolute atomic E-state index is 0.0141. The molecule has 1 aromatic rings. The van der Waals surface area contributed by atoms with Crippen molar-refractivity contribution in [3.8, 4) is 0 Å². The number of aromatic nitrogens is 3. The van der Waals surface area contributed by atoms with Gasteiger partial charge in [-0.05, 0) is 51.5 Å². The summed E-state index contributed by atoms with van der Waals surface area (Å²) in [5.41, 5.74) is -2.56. The molecule has 5 N–H and O–H groups in total. The van der Waals surface area contributed by atoms with Gasteiger partial charge in [-0.1, -0.05) is 11.8 Å². The number of carboxylic acid groups (broad SMARTS) is 2. The van der Waals surface area contributed by atoms with Crippen LogP contribution in [0.1, 0.15) is 33.6 Å². The summed E-state index contributed by atoms with van der Waals surface area (Å²) >= 11 is 2.68. The molecule has 12 nitrogen and oxygen atoms in total. The van der Waals surface area contributed by atoms with Crippen molar-refractivity contribution in [2.75, 3.05) is 12.0 Å². The van der Waals surface area contributed by atoms with Crippen molar-refractivity contribution in [3.63, 3.8) is 0 Å². The number of hydrogen-bond donors (Lipinski definition) is 5. The SMILES string of the molecule is CSCC[C@H](NC(=O)OC(C)(C)C)C(=O)N[C@@]1(C(=O)O)C[C@H](Sc2ncn[nH]2)[C@H]2[C@H](C(=O)O)[C@H]21. The van der Waals surface area contributed by atoms with E-state index in [1.54, 1.807) is 20.8 Å². The Morgan fingerprint density at radius 3 is 2.56 bits per heavy atom. The van der Waals surface area contributed by atoms with Gasteiger partial charge in [0.1, 0.15) is 23.5 Å². The number of nitrogens with one attached hydrogen (secondary N) is 3. The lowest BCUT2D eigenvalue weighted by atomic mass is 9.89. The lowest BCUT2D eigenvalue weighted by Gasteiger charge is -2.32. The van der Waals surface area contributed by atoms with Crippen molar-refractivity contribution in [2.24, 2.45) is 17.8 Å². The standard InChI is InChI=1S/C20H29N5O7S2/c1-19(2,3)32-18(31)23-9(5-6-33-4)14(26)24-20(16(29)30)7-10(34-17-21-8-22-25-17)11-12(13(11)20)15(27)28/h8-13H,5-7H2,1-4H3,(H,23,31)(H,24,26)(H,27,28)(H,29,30)(H,21,22,25)/t9-,10-,11-,12-,13-,20-/m0/s1. The maximum atomic E-state index is 13.2. The number of aromatic amines is 1. The topological polar surface area (TPSA) is 184 Å². The van der Waals surface area contributed by atoms with Crippen LogP contribution in [0.3, 0.4) is 0 Å². The second kappa shape index (κ2) is 10.0. The normalized spacial score (nSPS) is 28.5. The zero-order valence-electron chi connectivity index (χ0n) is 19.2. The highest BCUT2D eigenvalue weighted by atomic mass is 32.2. The van der Waals surface area contributed by atoms with Crippen LogP contribution in [-0.4, -0.2) is 83.8 Å². The first-order chi connectivity index (χ1) is 15.9. The Balaban J connectivity index is 1.82. The fraction of sp³-hybridized carbons (Fsp3) is 0.700. The molecule has 14 heteroatoms. The summed E-state index contributed by atoms with van der Waals surface area (Å²) in [5, 5.41) is 31.5. The second-order valence-electron chi connectivity index (χ2n) is 9.36. The van der Waals surface area contributed by atoms with Gasteiger partial charge in [0.25, 0.3) is 0 Å². The lowest BCUT2D eigenvalue weighted by molar-refractivity contribution is -0.150. The summed E-state index contributed by atoms with van der Waals surface area (Å²) in [4.78, 5) is 53.9. The Morgan fingerprint density at radius 2 is 2.03 bits per heavy atom. The van der Waals surface area contributed by atoms with Crippen LogP contribution in [0.15, 0.2) is 11.5 Å². The summed E-state index contributed by atoms with van der Waals surface area (Å²) in [6.07, 6.45) is 2.61. The van der Waals surface area contributed by atoms with Crippen molar-refractivity contribution in [2.45, 2.75) is 61.2 Å². The molecule has 1 aromatic heterocycles. The summed E-state index contributed by atoms with van der Waals surface area (Å²) in [6.45, 7) is 5.06. The predicted octanol–water partition coefficient (Wildman–Crippen LogP) is 1.20. The first-order valence-electron chi connectivity index (χ1n) is 10.7. The van der Waals surface area contributed by atoms with Gasteiger partial charge in [-0.15, -0.1) is 0 Å². The van der Waals surface area contributed by atoms with Crippen LogP contribution in [-0.2, 0) is 19.1 Å². The Bertz CT molecular complexity index is 938. The van der Waals surface area contributed by atoms with Crippen molar-refractivity contribution in [3.05, 3.63) is 6.33 Å². The molecule has 3 rings (SSSR count). The van der Waals surface area contributed by atoms with E-state index in [0.29, 0.717) is 10.9 Å². The minimum atomic E-state index is -1.78. The number of fused-ring (bicyclic) bond motifs is 1. The van der Waals surface area contributed by atoms with E-state index in [4.69, 9.17) is 4.74 Å². The second-order valence-corrected chi connectivity index (χ2v) is 11.6. The molecule has 0 bridgehead atoms. The molecule has 0 aliphatic heterocycles. The highest BCUT2D eigenvalue weighted by molar-refractivity contribution is 7.99. The van der Waals surface area contributed by atoms with Crippen LogP contribution in [0.4, 0.5) is 4.79 Å². The lowest BCUT2D eigenvalue weighted by Crippen LogP contribution is -2.61. The molecule has 34 heavy (non-hydrogen) atoms. The van der Waals surface area contributed by atoms with Crippen LogP contribution >= 0.6 is 23.5 Å². The third-order valence-electron chi connectivity index (χ3n) is 5.88. The highest BCUT2D eigenvalue weighted by Crippen LogP contribution is 2.65. The molecule has 0 saturated heterocycles. The molecular weight excluding hydrogens is 486 g/mol. The smallest absolute Gasteiger partial charge is 0.408 e. The maximum absolute atomic E-state index is 13.2. The molecule has 2 aliphatic rings. The molecular formula is C20H29N5O7S2. The molecule has 2 saturated carbocycles. The fourth-order valence-electron chi connectivity index (χ4n) is 4.53. The molecule has 0 aromatic carbocycles. The summed E-state index contributed by atoms with van der Waals surface area (Å²) in [5.74, 6) is -4.72. The van der Waals surface area contributed by atoms with Crippen LogP contribution in [0.2, 0.25) is 0 Å². The van der Waals surface area contributed by atoms with Crippen LogP contribution in [0.25, 0.3) is 0 Å². The van der Waals surface area contributed by atoms with Gasteiger partial charge in [0, 0.05) is 11.2 Å². The van der Waals surface area contributed by atoms with E-state index in [-0.39, 0.29) is 12.8 Å². The molecule has 0 unspecified atom stereocenters. The van der Waals surface area contributed by atoms with E-state index >= 15 is 0 Å². The quantitative estimate of drug-likeness (QED) is 0.302. The third-order valence-corrected chi connectivity index (χ3v) is 7.73. The van der Waals surface area contributed by atoms with Gasteiger partial charge in [-0.2, -0.15) is 16.9 Å². The third kappa shape index (κ3) is 5.59. The number of rotatable bonds is 10. The van der Waals surface area contributed by atoms with Gasteiger partial charge >= 0.3 is 18.0 Å². The van der Waals surface area contributed by atoms with Gasteiger partial charge in [0.15, 0.2) is 5.16 Å². The Hall–Kier alpha value is -2.48. The number of ether oxygens (including phenoxy) is 1. The first kappa shape index (κ1) is 26.1. The maximum Gasteiger partial charge on any atom is 0.408 e. The van der Waals surface area contributed by atoms with Crippen LogP contribution in [0.5, 0.6) is 0 Å².